The van der Waals surface area contributed by atoms with E-state index < -0.39 is 0 Å². The monoisotopic (exact) mass is 318 g/mol. The highest BCUT2D eigenvalue weighted by molar-refractivity contribution is 5.85. The van der Waals surface area contributed by atoms with Crippen LogP contribution in [0.25, 0.3) is 28.0 Å². The molecule has 2 heterocycles. The lowest BCUT2D eigenvalue weighted by Crippen LogP contribution is -2.13. The predicted molar refractivity (Wildman–Crippen MR) is 91.5 cm³/mol. The van der Waals surface area contributed by atoms with E-state index in [9.17, 15) is 4.79 Å². The van der Waals surface area contributed by atoms with Gasteiger partial charge >= 0.3 is 0 Å². The van der Waals surface area contributed by atoms with Crippen molar-refractivity contribution in [3.8, 4) is 22.8 Å². The zero-order valence-electron chi connectivity index (χ0n) is 12.9. The van der Waals surface area contributed by atoms with Gasteiger partial charge in [-0.3, -0.25) is 9.78 Å². The highest BCUT2D eigenvalue weighted by Crippen LogP contribution is 2.30. The molecule has 118 valence electrons. The van der Waals surface area contributed by atoms with Gasteiger partial charge in [-0.25, -0.2) is 9.67 Å². The molecule has 0 aliphatic heterocycles. The third-order valence-electron chi connectivity index (χ3n) is 3.83. The lowest BCUT2D eigenvalue weighted by molar-refractivity contribution is 0.416. The maximum atomic E-state index is 12.5. The van der Waals surface area contributed by atoms with Crippen LogP contribution in [0, 0.1) is 0 Å². The van der Waals surface area contributed by atoms with Crippen molar-refractivity contribution in [3.05, 3.63) is 71.3 Å². The molecule has 4 aromatic rings. The number of methoxy groups -OCH3 is 1. The van der Waals surface area contributed by atoms with Crippen LogP contribution in [0.5, 0.6) is 5.75 Å². The summed E-state index contributed by atoms with van der Waals surface area (Å²) in [4.78, 5) is 19.7. The van der Waals surface area contributed by atoms with E-state index in [1.54, 1.807) is 25.6 Å². The first-order chi connectivity index (χ1) is 11.8. The Morgan fingerprint density at radius 2 is 2.00 bits per heavy atom. The van der Waals surface area contributed by atoms with Crippen molar-refractivity contribution in [1.29, 1.82) is 0 Å². The average Bonchev–Trinajstić information content (AvgIpc) is 3.16. The summed E-state index contributed by atoms with van der Waals surface area (Å²) in [5.74, 6) is 1.15. The Hall–Kier alpha value is -3.41. The van der Waals surface area contributed by atoms with Crippen molar-refractivity contribution < 1.29 is 4.74 Å². The zero-order valence-corrected chi connectivity index (χ0v) is 12.9. The smallest absolute Gasteiger partial charge is 0.260 e. The Bertz CT molecular complexity index is 1070. The second kappa shape index (κ2) is 5.66. The topological polar surface area (TPSA) is 72.8 Å². The maximum Gasteiger partial charge on any atom is 0.260 e. The Morgan fingerprint density at radius 1 is 1.12 bits per heavy atom. The molecular formula is C18H14N4O2. The molecular weight excluding hydrogens is 304 g/mol. The molecule has 0 amide bonds. The molecule has 4 rings (SSSR count). The molecule has 0 unspecified atom stereocenters. The normalized spacial score (nSPS) is 10.9. The van der Waals surface area contributed by atoms with Crippen LogP contribution in [0.4, 0.5) is 0 Å². The van der Waals surface area contributed by atoms with E-state index in [4.69, 9.17) is 4.74 Å². The number of nitrogens with zero attached hydrogens (tertiary/aromatic N) is 3. The van der Waals surface area contributed by atoms with Gasteiger partial charge in [0.05, 0.1) is 18.0 Å². The largest absolute Gasteiger partial charge is 0.496 e. The minimum Gasteiger partial charge on any atom is -0.496 e. The number of aromatic nitrogens is 4. The zero-order chi connectivity index (χ0) is 16.5. The summed E-state index contributed by atoms with van der Waals surface area (Å²) in [7, 11) is 1.63. The van der Waals surface area contributed by atoms with Crippen LogP contribution in [-0.4, -0.2) is 26.9 Å². The summed E-state index contributed by atoms with van der Waals surface area (Å²) in [5, 5.41) is 4.61. The number of nitrogens with one attached hydrogen (secondary N) is 1. The molecule has 0 bridgehead atoms. The van der Waals surface area contributed by atoms with Crippen LogP contribution in [0.15, 0.2) is 65.7 Å². The molecule has 0 saturated carbocycles. The summed E-state index contributed by atoms with van der Waals surface area (Å²) < 4.78 is 6.92. The van der Waals surface area contributed by atoms with Crippen molar-refractivity contribution >= 4 is 10.9 Å². The fraction of sp³-hybridized carbons (Fsp3) is 0.0556. The van der Waals surface area contributed by atoms with Crippen LogP contribution >= 0.6 is 0 Å². The van der Waals surface area contributed by atoms with Crippen LogP contribution in [0.1, 0.15) is 0 Å². The number of aromatic amines is 1. The number of ether oxygens (including phenoxy) is 1. The number of rotatable bonds is 3. The van der Waals surface area contributed by atoms with Gasteiger partial charge in [-0.05, 0) is 29.8 Å². The Kier molecular flexibility index (Phi) is 3.35. The molecule has 0 fully saturated rings. The van der Waals surface area contributed by atoms with Gasteiger partial charge in [-0.15, -0.1) is 0 Å². The molecule has 2 aromatic heterocycles. The summed E-state index contributed by atoms with van der Waals surface area (Å²) >= 11 is 0. The van der Waals surface area contributed by atoms with E-state index in [0.717, 1.165) is 16.9 Å². The van der Waals surface area contributed by atoms with E-state index in [1.807, 2.05) is 42.5 Å². The van der Waals surface area contributed by atoms with E-state index >= 15 is 0 Å². The molecule has 2 aromatic carbocycles. The summed E-state index contributed by atoms with van der Waals surface area (Å²) in [6.45, 7) is 0. The molecule has 0 aliphatic carbocycles. The number of para-hydroxylation sites is 1. The Morgan fingerprint density at radius 3 is 2.79 bits per heavy atom. The second-order valence-corrected chi connectivity index (χ2v) is 5.27. The SMILES string of the molecule is COc1ccccc1-c1ccc2nc(-n3cccn3)[nH]c(=O)c2c1. The predicted octanol–water partition coefficient (Wildman–Crippen LogP) is 2.78. The van der Waals surface area contributed by atoms with Crippen LogP contribution in [0.3, 0.4) is 0 Å². The van der Waals surface area contributed by atoms with Gasteiger partial charge in [0, 0.05) is 18.0 Å². The quantitative estimate of drug-likeness (QED) is 0.630. The summed E-state index contributed by atoms with van der Waals surface area (Å²) in [6, 6.07) is 15.1. The number of hydrogen-bond donors (Lipinski definition) is 1. The molecule has 0 aliphatic rings. The molecule has 0 spiro atoms. The minimum absolute atomic E-state index is 0.206. The van der Waals surface area contributed by atoms with Gasteiger partial charge in [-0.2, -0.15) is 5.10 Å². The second-order valence-electron chi connectivity index (χ2n) is 5.27. The van der Waals surface area contributed by atoms with Gasteiger partial charge in [-0.1, -0.05) is 24.3 Å². The van der Waals surface area contributed by atoms with Crippen LogP contribution in [-0.2, 0) is 0 Å². The lowest BCUT2D eigenvalue weighted by Gasteiger charge is -2.09. The number of H-pyrrole nitrogens is 1. The Balaban J connectivity index is 1.89. The number of fused-ring (bicyclic) bond motifs is 1. The fourth-order valence-corrected chi connectivity index (χ4v) is 2.68. The first kappa shape index (κ1) is 14.2. The highest BCUT2D eigenvalue weighted by atomic mass is 16.5. The van der Waals surface area contributed by atoms with Gasteiger partial charge in [0.1, 0.15) is 5.75 Å². The average molecular weight is 318 g/mol. The van der Waals surface area contributed by atoms with Crippen LogP contribution in [0.2, 0.25) is 0 Å². The van der Waals surface area contributed by atoms with E-state index in [-0.39, 0.29) is 5.56 Å². The van der Waals surface area contributed by atoms with Crippen molar-refractivity contribution in [2.24, 2.45) is 0 Å². The molecule has 24 heavy (non-hydrogen) atoms. The molecule has 6 nitrogen and oxygen atoms in total. The molecule has 0 saturated heterocycles. The standard InChI is InChI=1S/C18H14N4O2/c1-24-16-6-3-2-5-13(16)12-7-8-15-14(11-12)17(23)21-18(20-15)22-10-4-9-19-22/h2-11H,1H3,(H,20,21,23). The molecule has 6 heteroatoms. The van der Waals surface area contributed by atoms with Crippen molar-refractivity contribution in [1.82, 2.24) is 19.7 Å². The number of benzene rings is 2. The third-order valence-corrected chi connectivity index (χ3v) is 3.83. The van der Waals surface area contributed by atoms with Crippen molar-refractivity contribution in [3.63, 3.8) is 0 Å². The van der Waals surface area contributed by atoms with E-state index in [1.165, 1.54) is 4.68 Å². The maximum absolute atomic E-state index is 12.5. The van der Waals surface area contributed by atoms with Crippen LogP contribution < -0.4 is 10.3 Å². The minimum atomic E-state index is -0.206. The highest BCUT2D eigenvalue weighted by Gasteiger charge is 2.10. The summed E-state index contributed by atoms with van der Waals surface area (Å²) in [6.07, 6.45) is 3.36. The number of hydrogen-bond acceptors (Lipinski definition) is 4. The van der Waals surface area contributed by atoms with Gasteiger partial charge in [0.2, 0.25) is 5.95 Å². The fourth-order valence-electron chi connectivity index (χ4n) is 2.68. The van der Waals surface area contributed by atoms with E-state index in [2.05, 4.69) is 15.1 Å². The first-order valence-corrected chi connectivity index (χ1v) is 7.44. The third kappa shape index (κ3) is 2.34. The van der Waals surface area contributed by atoms with Gasteiger partial charge in [0.15, 0.2) is 0 Å². The van der Waals surface area contributed by atoms with E-state index in [0.29, 0.717) is 16.9 Å². The van der Waals surface area contributed by atoms with Crippen molar-refractivity contribution in [2.45, 2.75) is 0 Å². The first-order valence-electron chi connectivity index (χ1n) is 7.44. The lowest BCUT2D eigenvalue weighted by atomic mass is 10.0. The molecule has 0 atom stereocenters. The summed E-state index contributed by atoms with van der Waals surface area (Å²) in [5.41, 5.74) is 2.24. The Labute approximate surface area is 137 Å². The van der Waals surface area contributed by atoms with Crippen molar-refractivity contribution in [2.75, 3.05) is 7.11 Å². The van der Waals surface area contributed by atoms with Gasteiger partial charge < -0.3 is 4.74 Å². The molecule has 0 radical (unpaired) electrons. The van der Waals surface area contributed by atoms with Gasteiger partial charge in [0.25, 0.3) is 5.56 Å². The molecule has 1 N–H and O–H groups in total.